The molecule has 3 aromatic rings. The van der Waals surface area contributed by atoms with Gasteiger partial charge >= 0.3 is 0 Å². The van der Waals surface area contributed by atoms with Gasteiger partial charge in [-0.2, -0.15) is 0 Å². The molecule has 0 aliphatic rings. The van der Waals surface area contributed by atoms with Crippen LogP contribution in [-0.4, -0.2) is 23.2 Å². The van der Waals surface area contributed by atoms with Gasteiger partial charge in [0.05, 0.1) is 7.11 Å². The molecule has 24 heavy (non-hydrogen) atoms. The number of anilines is 1. The summed E-state index contributed by atoms with van der Waals surface area (Å²) in [7, 11) is 1.57. The summed E-state index contributed by atoms with van der Waals surface area (Å²) in [5, 5.41) is 11.9. The first-order chi connectivity index (χ1) is 11.6. The molecule has 0 bridgehead atoms. The minimum absolute atomic E-state index is 0.262. The highest BCUT2D eigenvalue weighted by molar-refractivity contribution is 7.15. The van der Waals surface area contributed by atoms with Crippen molar-refractivity contribution >= 4 is 22.4 Å². The Kier molecular flexibility index (Phi) is 4.81. The fraction of sp³-hybridized carbons (Fsp3) is 0.118. The molecule has 7 heteroatoms. The predicted molar refractivity (Wildman–Crippen MR) is 90.1 cm³/mol. The molecule has 0 atom stereocenters. The second-order valence-corrected chi connectivity index (χ2v) is 6.05. The van der Waals surface area contributed by atoms with Gasteiger partial charge in [0.25, 0.3) is 5.91 Å². The van der Waals surface area contributed by atoms with E-state index in [4.69, 9.17) is 4.74 Å². The van der Waals surface area contributed by atoms with Crippen LogP contribution >= 0.6 is 11.3 Å². The van der Waals surface area contributed by atoms with Gasteiger partial charge in [-0.15, -0.1) is 10.2 Å². The number of carbonyl (C=O) groups is 1. The predicted octanol–water partition coefficient (Wildman–Crippen LogP) is 3.53. The smallest absolute Gasteiger partial charge is 0.257 e. The molecule has 0 aliphatic heterocycles. The number of benzene rings is 2. The summed E-state index contributed by atoms with van der Waals surface area (Å²) in [5.74, 6) is 0.148. The van der Waals surface area contributed by atoms with Crippen LogP contribution in [0.15, 0.2) is 48.5 Å². The normalized spacial score (nSPS) is 10.4. The van der Waals surface area contributed by atoms with Crippen LogP contribution in [0.1, 0.15) is 20.9 Å². The second kappa shape index (κ2) is 7.18. The van der Waals surface area contributed by atoms with Gasteiger partial charge in [0.15, 0.2) is 0 Å². The van der Waals surface area contributed by atoms with Crippen molar-refractivity contribution in [3.8, 4) is 5.75 Å². The number of rotatable bonds is 5. The Balaban J connectivity index is 1.64. The average molecular weight is 343 g/mol. The van der Waals surface area contributed by atoms with Crippen molar-refractivity contribution in [2.75, 3.05) is 12.4 Å². The van der Waals surface area contributed by atoms with Gasteiger partial charge in [0.2, 0.25) is 5.13 Å². The molecule has 0 saturated heterocycles. The van der Waals surface area contributed by atoms with Crippen LogP contribution in [-0.2, 0) is 6.42 Å². The molecule has 0 saturated carbocycles. The lowest BCUT2D eigenvalue weighted by atomic mass is 10.2. The van der Waals surface area contributed by atoms with Gasteiger partial charge in [-0.1, -0.05) is 23.5 Å². The van der Waals surface area contributed by atoms with Crippen molar-refractivity contribution in [3.63, 3.8) is 0 Å². The Bertz CT molecular complexity index is 832. The van der Waals surface area contributed by atoms with E-state index < -0.39 is 0 Å². The summed E-state index contributed by atoms with van der Waals surface area (Å²) < 4.78 is 18.0. The lowest BCUT2D eigenvalue weighted by Gasteiger charge is -2.02. The number of aromatic nitrogens is 2. The molecule has 0 radical (unpaired) electrons. The van der Waals surface area contributed by atoms with Crippen LogP contribution in [0, 0.1) is 5.82 Å². The number of nitrogens with one attached hydrogen (secondary N) is 1. The Morgan fingerprint density at radius 1 is 1.12 bits per heavy atom. The SMILES string of the molecule is COc1ccc(C(=O)Nc2nnc(Cc3ccc(F)cc3)s2)cc1. The van der Waals surface area contributed by atoms with Crippen molar-refractivity contribution in [3.05, 3.63) is 70.5 Å². The quantitative estimate of drug-likeness (QED) is 0.770. The molecule has 1 aromatic heterocycles. The van der Waals surface area contributed by atoms with Crippen molar-refractivity contribution in [2.24, 2.45) is 0 Å². The van der Waals surface area contributed by atoms with Crippen molar-refractivity contribution in [1.29, 1.82) is 0 Å². The third kappa shape index (κ3) is 3.94. The van der Waals surface area contributed by atoms with Crippen LogP contribution in [0.2, 0.25) is 0 Å². The average Bonchev–Trinajstić information content (AvgIpc) is 3.04. The summed E-state index contributed by atoms with van der Waals surface area (Å²) in [6.07, 6.45) is 0.538. The van der Waals surface area contributed by atoms with Crippen LogP contribution in [0.25, 0.3) is 0 Å². The van der Waals surface area contributed by atoms with Gasteiger partial charge in [0.1, 0.15) is 16.6 Å². The number of ether oxygens (including phenoxy) is 1. The molecule has 1 heterocycles. The molecule has 5 nitrogen and oxygen atoms in total. The zero-order valence-electron chi connectivity index (χ0n) is 12.8. The van der Waals surface area contributed by atoms with E-state index in [2.05, 4.69) is 15.5 Å². The number of carbonyl (C=O) groups excluding carboxylic acids is 1. The van der Waals surface area contributed by atoms with Crippen molar-refractivity contribution in [1.82, 2.24) is 10.2 Å². The fourth-order valence-electron chi connectivity index (χ4n) is 2.06. The molecular weight excluding hydrogens is 329 g/mol. The standard InChI is InChI=1S/C17H14FN3O2S/c1-23-14-8-4-12(5-9-14)16(22)19-17-21-20-15(24-17)10-11-2-6-13(18)7-3-11/h2-9H,10H2,1H3,(H,19,21,22). The van der Waals surface area contributed by atoms with E-state index in [1.165, 1.54) is 23.5 Å². The lowest BCUT2D eigenvalue weighted by Crippen LogP contribution is -2.11. The minimum Gasteiger partial charge on any atom is -0.497 e. The molecule has 1 amide bonds. The first-order valence-electron chi connectivity index (χ1n) is 7.16. The number of hydrogen-bond acceptors (Lipinski definition) is 5. The maximum Gasteiger partial charge on any atom is 0.257 e. The number of amides is 1. The molecule has 122 valence electrons. The van der Waals surface area contributed by atoms with E-state index in [9.17, 15) is 9.18 Å². The van der Waals surface area contributed by atoms with Crippen molar-refractivity contribution in [2.45, 2.75) is 6.42 Å². The van der Waals surface area contributed by atoms with E-state index in [0.29, 0.717) is 22.9 Å². The van der Waals surface area contributed by atoms with Gasteiger partial charge < -0.3 is 4.74 Å². The van der Waals surface area contributed by atoms with Gasteiger partial charge in [-0.25, -0.2) is 4.39 Å². The van der Waals surface area contributed by atoms with E-state index in [-0.39, 0.29) is 11.7 Å². The zero-order valence-corrected chi connectivity index (χ0v) is 13.6. The molecule has 0 aliphatic carbocycles. The maximum atomic E-state index is 12.9. The minimum atomic E-state index is -0.275. The molecule has 0 fully saturated rings. The lowest BCUT2D eigenvalue weighted by molar-refractivity contribution is 0.102. The van der Waals surface area contributed by atoms with Crippen LogP contribution in [0.4, 0.5) is 9.52 Å². The maximum absolute atomic E-state index is 12.9. The summed E-state index contributed by atoms with van der Waals surface area (Å²) in [6, 6.07) is 13.0. The molecular formula is C17H14FN3O2S. The Morgan fingerprint density at radius 3 is 2.50 bits per heavy atom. The van der Waals surface area contributed by atoms with Gasteiger partial charge in [0, 0.05) is 12.0 Å². The third-order valence-corrected chi connectivity index (χ3v) is 4.15. The Hall–Kier alpha value is -2.80. The highest BCUT2D eigenvalue weighted by Gasteiger charge is 2.11. The summed E-state index contributed by atoms with van der Waals surface area (Å²) in [4.78, 5) is 12.2. The highest BCUT2D eigenvalue weighted by Crippen LogP contribution is 2.20. The van der Waals surface area contributed by atoms with Gasteiger partial charge in [-0.3, -0.25) is 10.1 Å². The monoisotopic (exact) mass is 343 g/mol. The summed E-state index contributed by atoms with van der Waals surface area (Å²) in [6.45, 7) is 0. The molecule has 0 spiro atoms. The number of hydrogen-bond donors (Lipinski definition) is 1. The molecule has 1 N–H and O–H groups in total. The topological polar surface area (TPSA) is 64.1 Å². The van der Waals surface area contributed by atoms with E-state index in [1.54, 1.807) is 43.5 Å². The van der Waals surface area contributed by atoms with Crippen molar-refractivity contribution < 1.29 is 13.9 Å². The first-order valence-corrected chi connectivity index (χ1v) is 7.98. The third-order valence-electron chi connectivity index (χ3n) is 3.31. The fourth-order valence-corrected chi connectivity index (χ4v) is 2.83. The van der Waals surface area contributed by atoms with Gasteiger partial charge in [-0.05, 0) is 42.0 Å². The number of nitrogens with zero attached hydrogens (tertiary/aromatic N) is 2. The zero-order chi connectivity index (χ0) is 16.9. The Labute approximate surface area is 142 Å². The second-order valence-electron chi connectivity index (χ2n) is 4.99. The van der Waals surface area contributed by atoms with E-state index >= 15 is 0 Å². The number of halogens is 1. The first kappa shape index (κ1) is 16.1. The molecule has 0 unspecified atom stereocenters. The highest BCUT2D eigenvalue weighted by atomic mass is 32.1. The Morgan fingerprint density at radius 2 is 1.83 bits per heavy atom. The summed E-state index contributed by atoms with van der Waals surface area (Å²) in [5.41, 5.74) is 1.44. The molecule has 3 rings (SSSR count). The van der Waals surface area contributed by atoms with Crippen LogP contribution < -0.4 is 10.1 Å². The largest absolute Gasteiger partial charge is 0.497 e. The number of methoxy groups -OCH3 is 1. The summed E-state index contributed by atoms with van der Waals surface area (Å²) >= 11 is 1.29. The van der Waals surface area contributed by atoms with Crippen LogP contribution in [0.5, 0.6) is 5.75 Å². The van der Waals surface area contributed by atoms with E-state index in [1.807, 2.05) is 0 Å². The molecule has 2 aromatic carbocycles. The van der Waals surface area contributed by atoms with Crippen LogP contribution in [0.3, 0.4) is 0 Å². The van der Waals surface area contributed by atoms with E-state index in [0.717, 1.165) is 10.6 Å².